The molecule has 0 aromatic rings. The maximum atomic E-state index is 10.9. The van der Waals surface area contributed by atoms with E-state index in [0.717, 1.165) is 0 Å². The van der Waals surface area contributed by atoms with Crippen LogP contribution in [0.15, 0.2) is 12.2 Å². The molecule has 0 radical (unpaired) electrons. The normalized spacial score (nSPS) is 10.4. The molecule has 0 saturated heterocycles. The second-order valence-corrected chi connectivity index (χ2v) is 2.57. The zero-order chi connectivity index (χ0) is 9.40. The van der Waals surface area contributed by atoms with Crippen molar-refractivity contribution in [1.29, 1.82) is 0 Å². The lowest BCUT2D eigenvalue weighted by Crippen LogP contribution is -1.96. The lowest BCUT2D eigenvalue weighted by atomic mass is 10.1. The van der Waals surface area contributed by atoms with E-state index in [1.54, 1.807) is 13.0 Å². The number of carbonyl (C=O) groups is 2. The van der Waals surface area contributed by atoms with Crippen LogP contribution >= 0.6 is 0 Å². The molecule has 0 aliphatic carbocycles. The minimum atomic E-state index is -0.798. The van der Waals surface area contributed by atoms with Crippen LogP contribution in [0.5, 0.6) is 0 Å². The molecule has 0 aromatic carbocycles. The van der Waals surface area contributed by atoms with Gasteiger partial charge in [-0.2, -0.15) is 0 Å². The lowest BCUT2D eigenvalue weighted by Gasteiger charge is -1.94. The Bertz CT molecular complexity index is 182. The van der Waals surface area contributed by atoms with Crippen LogP contribution < -0.4 is 0 Å². The van der Waals surface area contributed by atoms with Crippen molar-refractivity contribution in [1.82, 2.24) is 0 Å². The number of rotatable bonds is 6. The maximum absolute atomic E-state index is 10.9. The summed E-state index contributed by atoms with van der Waals surface area (Å²) in [7, 11) is 0. The molecule has 68 valence electrons. The predicted octanol–water partition coefficient (Wildman–Crippen LogP) is 1.78. The molecule has 12 heavy (non-hydrogen) atoms. The van der Waals surface area contributed by atoms with Crippen LogP contribution in [0.3, 0.4) is 0 Å². The summed E-state index contributed by atoms with van der Waals surface area (Å²) >= 11 is 0. The summed E-state index contributed by atoms with van der Waals surface area (Å²) in [6, 6.07) is 0. The minimum absolute atomic E-state index is 0.0721. The maximum Gasteiger partial charge on any atom is 0.303 e. The zero-order valence-corrected chi connectivity index (χ0v) is 7.25. The molecule has 3 nitrogen and oxygen atoms in total. The Labute approximate surface area is 72.1 Å². The summed E-state index contributed by atoms with van der Waals surface area (Å²) in [6.07, 6.45) is 5.06. The Morgan fingerprint density at radius 2 is 1.83 bits per heavy atom. The monoisotopic (exact) mass is 170 g/mol. The van der Waals surface area contributed by atoms with Gasteiger partial charge in [0.05, 0.1) is 0 Å². The van der Waals surface area contributed by atoms with Gasteiger partial charge in [-0.1, -0.05) is 6.08 Å². The van der Waals surface area contributed by atoms with Gasteiger partial charge >= 0.3 is 5.97 Å². The number of unbranched alkanes of at least 4 members (excludes halogenated alkanes) is 1. The number of carboxylic acids is 1. The first-order valence-corrected chi connectivity index (χ1v) is 4.04. The highest BCUT2D eigenvalue weighted by Gasteiger charge is 1.99. The summed E-state index contributed by atoms with van der Waals surface area (Å²) < 4.78 is 0. The molecule has 1 N–H and O–H groups in total. The highest BCUT2D eigenvalue weighted by atomic mass is 16.4. The van der Waals surface area contributed by atoms with Gasteiger partial charge in [-0.25, -0.2) is 0 Å². The number of carboxylic acid groups (broad SMARTS) is 1. The van der Waals surface area contributed by atoms with E-state index in [4.69, 9.17) is 5.11 Å². The van der Waals surface area contributed by atoms with E-state index >= 15 is 0 Å². The molecule has 0 unspecified atom stereocenters. The van der Waals surface area contributed by atoms with E-state index in [1.807, 2.05) is 0 Å². The molecule has 3 heteroatoms. The molecular formula is C9H14O3. The average Bonchev–Trinajstić information content (AvgIpc) is 1.98. The number of hydrogen-bond acceptors (Lipinski definition) is 2. The van der Waals surface area contributed by atoms with Crippen molar-refractivity contribution in [2.45, 2.75) is 32.6 Å². The molecule has 0 bridgehead atoms. The number of allylic oxidation sites excluding steroid dienone is 2. The van der Waals surface area contributed by atoms with Gasteiger partial charge in [0, 0.05) is 12.8 Å². The largest absolute Gasteiger partial charge is 0.481 e. The van der Waals surface area contributed by atoms with Crippen molar-refractivity contribution >= 4 is 11.8 Å². The quantitative estimate of drug-likeness (QED) is 0.488. The van der Waals surface area contributed by atoms with Crippen molar-refractivity contribution in [2.75, 3.05) is 0 Å². The van der Waals surface area contributed by atoms with Crippen LogP contribution in [0, 0.1) is 0 Å². The smallest absolute Gasteiger partial charge is 0.303 e. The van der Waals surface area contributed by atoms with Crippen molar-refractivity contribution in [2.24, 2.45) is 0 Å². The molecule has 0 heterocycles. The van der Waals surface area contributed by atoms with Gasteiger partial charge in [-0.05, 0) is 25.8 Å². The Kier molecular flexibility index (Phi) is 5.97. The number of ketones is 1. The van der Waals surface area contributed by atoms with Gasteiger partial charge in [-0.15, -0.1) is 0 Å². The molecule has 0 rings (SSSR count). The second-order valence-electron chi connectivity index (χ2n) is 2.57. The first-order valence-electron chi connectivity index (χ1n) is 4.04. The van der Waals surface area contributed by atoms with Crippen LogP contribution in [0.2, 0.25) is 0 Å². The minimum Gasteiger partial charge on any atom is -0.481 e. The zero-order valence-electron chi connectivity index (χ0n) is 7.25. The molecule has 0 fully saturated rings. The van der Waals surface area contributed by atoms with Crippen molar-refractivity contribution in [3.05, 3.63) is 12.2 Å². The van der Waals surface area contributed by atoms with E-state index in [2.05, 4.69) is 0 Å². The molecule has 0 amide bonds. The van der Waals surface area contributed by atoms with E-state index in [0.29, 0.717) is 19.3 Å². The third kappa shape index (κ3) is 6.99. The Morgan fingerprint density at radius 1 is 1.25 bits per heavy atom. The SMILES string of the molecule is CC=CC(=O)CCCCC(=O)O. The Balaban J connectivity index is 3.31. The van der Waals surface area contributed by atoms with Gasteiger partial charge in [-0.3, -0.25) is 9.59 Å². The van der Waals surface area contributed by atoms with Gasteiger partial charge < -0.3 is 5.11 Å². The average molecular weight is 170 g/mol. The fourth-order valence-electron chi connectivity index (χ4n) is 0.845. The summed E-state index contributed by atoms with van der Waals surface area (Å²) in [5.41, 5.74) is 0. The summed E-state index contributed by atoms with van der Waals surface area (Å²) in [5, 5.41) is 8.28. The van der Waals surface area contributed by atoms with E-state index < -0.39 is 5.97 Å². The highest BCUT2D eigenvalue weighted by molar-refractivity contribution is 5.89. The fraction of sp³-hybridized carbons (Fsp3) is 0.556. The summed E-state index contributed by atoms with van der Waals surface area (Å²) in [4.78, 5) is 20.9. The third-order valence-corrected chi connectivity index (χ3v) is 1.42. The van der Waals surface area contributed by atoms with Crippen LogP contribution in [-0.2, 0) is 9.59 Å². The van der Waals surface area contributed by atoms with Gasteiger partial charge in [0.1, 0.15) is 0 Å². The van der Waals surface area contributed by atoms with Crippen LogP contribution in [0.25, 0.3) is 0 Å². The standard InChI is InChI=1S/C9H14O3/c1-2-5-8(10)6-3-4-7-9(11)12/h2,5H,3-4,6-7H2,1H3,(H,11,12). The molecule has 0 aromatic heterocycles. The molecule has 0 saturated carbocycles. The van der Waals surface area contributed by atoms with Gasteiger partial charge in [0.2, 0.25) is 0 Å². The van der Waals surface area contributed by atoms with E-state index in [-0.39, 0.29) is 12.2 Å². The molecule has 0 spiro atoms. The van der Waals surface area contributed by atoms with Crippen LogP contribution in [-0.4, -0.2) is 16.9 Å². The number of aliphatic carboxylic acids is 1. The fourth-order valence-corrected chi connectivity index (χ4v) is 0.845. The lowest BCUT2D eigenvalue weighted by molar-refractivity contribution is -0.137. The van der Waals surface area contributed by atoms with E-state index in [1.165, 1.54) is 6.08 Å². The Hall–Kier alpha value is -1.12. The topological polar surface area (TPSA) is 54.4 Å². The first-order chi connectivity index (χ1) is 5.66. The summed E-state index contributed by atoms with van der Waals surface area (Å²) in [5.74, 6) is -0.726. The Morgan fingerprint density at radius 3 is 2.33 bits per heavy atom. The molecule has 0 aliphatic rings. The van der Waals surface area contributed by atoms with Crippen molar-refractivity contribution < 1.29 is 14.7 Å². The van der Waals surface area contributed by atoms with Gasteiger partial charge in [0.15, 0.2) is 5.78 Å². The molecular weight excluding hydrogens is 156 g/mol. The highest BCUT2D eigenvalue weighted by Crippen LogP contribution is 2.00. The third-order valence-electron chi connectivity index (χ3n) is 1.42. The second kappa shape index (κ2) is 6.58. The molecule has 0 atom stereocenters. The summed E-state index contributed by atoms with van der Waals surface area (Å²) in [6.45, 7) is 1.79. The molecule has 0 aliphatic heterocycles. The number of hydrogen-bond donors (Lipinski definition) is 1. The van der Waals surface area contributed by atoms with Crippen LogP contribution in [0.4, 0.5) is 0 Å². The first kappa shape index (κ1) is 10.9. The van der Waals surface area contributed by atoms with Crippen LogP contribution in [0.1, 0.15) is 32.6 Å². The van der Waals surface area contributed by atoms with Crippen molar-refractivity contribution in [3.63, 3.8) is 0 Å². The van der Waals surface area contributed by atoms with E-state index in [9.17, 15) is 9.59 Å². The predicted molar refractivity (Wildman–Crippen MR) is 45.9 cm³/mol. The van der Waals surface area contributed by atoms with Gasteiger partial charge in [0.25, 0.3) is 0 Å². The number of carbonyl (C=O) groups excluding carboxylic acids is 1. The van der Waals surface area contributed by atoms with Crippen molar-refractivity contribution in [3.8, 4) is 0 Å².